The van der Waals surface area contributed by atoms with Crippen molar-refractivity contribution in [2.45, 2.75) is 51.7 Å². The van der Waals surface area contributed by atoms with E-state index in [1.807, 2.05) is 23.5 Å². The van der Waals surface area contributed by atoms with E-state index in [2.05, 4.69) is 157 Å². The lowest BCUT2D eigenvalue weighted by atomic mass is 9.78. The van der Waals surface area contributed by atoms with E-state index in [1.165, 1.54) is 92.0 Å². The van der Waals surface area contributed by atoms with Crippen LogP contribution in [0.25, 0.3) is 44.2 Å². The second-order valence-electron chi connectivity index (χ2n) is 14.0. The zero-order valence-corrected chi connectivity index (χ0v) is 29.0. The normalized spacial score (nSPS) is 16.4. The third-order valence-electron chi connectivity index (χ3n) is 11.1. The van der Waals surface area contributed by atoms with Crippen molar-refractivity contribution in [3.05, 3.63) is 150 Å². The molecule has 0 fully saturated rings. The van der Waals surface area contributed by atoms with E-state index in [9.17, 15) is 0 Å². The summed E-state index contributed by atoms with van der Waals surface area (Å²) in [5.41, 5.74) is 16.0. The number of anilines is 3. The lowest BCUT2D eigenvalue weighted by Crippen LogP contribution is -2.19. The van der Waals surface area contributed by atoms with Gasteiger partial charge >= 0.3 is 0 Å². The molecular formula is C45H32N2S2. The van der Waals surface area contributed by atoms with Crippen LogP contribution in [0.5, 0.6) is 0 Å². The Bertz CT molecular complexity index is 2630. The topological polar surface area (TPSA) is 8.17 Å². The average molecular weight is 665 g/mol. The molecule has 0 bridgehead atoms. The molecule has 234 valence electrons. The van der Waals surface area contributed by atoms with E-state index in [-0.39, 0.29) is 5.41 Å². The van der Waals surface area contributed by atoms with Gasteiger partial charge in [-0.1, -0.05) is 122 Å². The van der Waals surface area contributed by atoms with Gasteiger partial charge in [-0.2, -0.15) is 0 Å². The summed E-state index contributed by atoms with van der Waals surface area (Å²) >= 11 is 3.81. The lowest BCUT2D eigenvalue weighted by molar-refractivity contribution is 0.607. The molecule has 7 aromatic rings. The fourth-order valence-corrected chi connectivity index (χ4v) is 11.2. The molecule has 6 aromatic carbocycles. The molecule has 4 aliphatic rings. The average Bonchev–Trinajstić information content (AvgIpc) is 3.59. The predicted molar refractivity (Wildman–Crippen MR) is 207 cm³/mol. The molecule has 2 aliphatic carbocycles. The molecule has 2 aliphatic heterocycles. The van der Waals surface area contributed by atoms with Crippen LogP contribution in [0.2, 0.25) is 0 Å². The summed E-state index contributed by atoms with van der Waals surface area (Å²) in [6.45, 7) is 4.83. The van der Waals surface area contributed by atoms with Crippen molar-refractivity contribution in [2.24, 2.45) is 0 Å². The molecule has 11 rings (SSSR count). The minimum absolute atomic E-state index is 0.0465. The Morgan fingerprint density at radius 2 is 1.37 bits per heavy atom. The Balaban J connectivity index is 1.18. The van der Waals surface area contributed by atoms with Gasteiger partial charge in [-0.05, 0) is 95.3 Å². The SMILES string of the molecule is CC1(C)C2=C(C=CCC2)c2ccc(-c3ccc4c5cc6c7c(c5n(-c5ccccc5)c4c3)Sc3ccccc3N7c3ccccc3S6)cc21. The summed E-state index contributed by atoms with van der Waals surface area (Å²) in [5.74, 6) is 0. The number of benzene rings is 6. The van der Waals surface area contributed by atoms with Crippen molar-refractivity contribution < 1.29 is 0 Å². The summed E-state index contributed by atoms with van der Waals surface area (Å²) in [7, 11) is 0. The van der Waals surface area contributed by atoms with Gasteiger partial charge in [0.15, 0.2) is 0 Å². The van der Waals surface area contributed by atoms with Gasteiger partial charge in [0.25, 0.3) is 0 Å². The highest BCUT2D eigenvalue weighted by molar-refractivity contribution is 8.01. The van der Waals surface area contributed by atoms with Crippen LogP contribution in [0.3, 0.4) is 0 Å². The fourth-order valence-electron chi connectivity index (χ4n) is 8.78. The number of hydrogen-bond acceptors (Lipinski definition) is 3. The van der Waals surface area contributed by atoms with Crippen LogP contribution in [0, 0.1) is 0 Å². The quantitative estimate of drug-likeness (QED) is 0.182. The maximum atomic E-state index is 2.52. The van der Waals surface area contributed by atoms with Gasteiger partial charge in [0.2, 0.25) is 0 Å². The molecule has 49 heavy (non-hydrogen) atoms. The Kier molecular flexibility index (Phi) is 5.75. The van der Waals surface area contributed by atoms with Crippen molar-refractivity contribution in [1.82, 2.24) is 4.57 Å². The maximum absolute atomic E-state index is 2.52. The molecule has 0 N–H and O–H groups in total. The van der Waals surface area contributed by atoms with E-state index in [0.717, 1.165) is 12.8 Å². The van der Waals surface area contributed by atoms with Crippen LogP contribution in [0.15, 0.2) is 159 Å². The molecule has 2 nitrogen and oxygen atoms in total. The van der Waals surface area contributed by atoms with Crippen molar-refractivity contribution in [2.75, 3.05) is 4.90 Å². The lowest BCUT2D eigenvalue weighted by Gasteiger charge is -2.38. The van der Waals surface area contributed by atoms with E-state index < -0.39 is 0 Å². The first-order valence-corrected chi connectivity index (χ1v) is 18.8. The summed E-state index contributed by atoms with van der Waals surface area (Å²) < 4.78 is 2.52. The third kappa shape index (κ3) is 3.82. The highest BCUT2D eigenvalue weighted by atomic mass is 32.2. The van der Waals surface area contributed by atoms with Crippen LogP contribution in [0.4, 0.5) is 17.1 Å². The monoisotopic (exact) mass is 664 g/mol. The molecule has 0 saturated carbocycles. The molecule has 3 heterocycles. The van der Waals surface area contributed by atoms with Crippen molar-refractivity contribution in [3.8, 4) is 16.8 Å². The van der Waals surface area contributed by atoms with Crippen LogP contribution in [0.1, 0.15) is 37.8 Å². The van der Waals surface area contributed by atoms with Crippen LogP contribution in [-0.2, 0) is 5.41 Å². The van der Waals surface area contributed by atoms with E-state index in [0.29, 0.717) is 0 Å². The first-order chi connectivity index (χ1) is 24.1. The van der Waals surface area contributed by atoms with Gasteiger partial charge in [0.05, 0.1) is 33.0 Å². The number of aromatic nitrogens is 1. The number of allylic oxidation sites excluding steroid dienone is 4. The summed E-state index contributed by atoms with van der Waals surface area (Å²) in [4.78, 5) is 7.72. The number of hydrogen-bond donors (Lipinski definition) is 0. The molecule has 0 unspecified atom stereocenters. The molecule has 0 atom stereocenters. The van der Waals surface area contributed by atoms with E-state index in [4.69, 9.17) is 0 Å². The molecule has 4 heteroatoms. The molecule has 0 spiro atoms. The van der Waals surface area contributed by atoms with Gasteiger partial charge in [-0.25, -0.2) is 0 Å². The molecule has 0 amide bonds. The number of nitrogens with zero attached hydrogens (tertiary/aromatic N) is 2. The largest absolute Gasteiger partial charge is 0.308 e. The van der Waals surface area contributed by atoms with Crippen LogP contribution in [-0.4, -0.2) is 4.57 Å². The second-order valence-corrected chi connectivity index (χ2v) is 16.2. The molecule has 0 radical (unpaired) electrons. The van der Waals surface area contributed by atoms with Crippen molar-refractivity contribution in [1.29, 1.82) is 0 Å². The van der Waals surface area contributed by atoms with E-state index >= 15 is 0 Å². The Hall–Kier alpha value is -4.90. The van der Waals surface area contributed by atoms with Gasteiger partial charge in [0, 0.05) is 36.6 Å². The standard InChI is InChI=1S/C45H32N2S2/c1-45(2)34-15-7-6-14-30(34)31-22-20-27(24-35(31)45)28-21-23-32-33-26-41-43-44(42(33)46(38(32)25-28)29-12-4-3-5-13-29)49-40-19-11-9-17-37(40)47(43)36-16-8-10-18-39(36)48-41/h3-6,8-14,16-26H,7,15H2,1-2H3. The van der Waals surface area contributed by atoms with Gasteiger partial charge in [-0.15, -0.1) is 0 Å². The zero-order chi connectivity index (χ0) is 32.4. The van der Waals surface area contributed by atoms with Crippen molar-refractivity contribution in [3.63, 3.8) is 0 Å². The van der Waals surface area contributed by atoms with Gasteiger partial charge in [-0.3, -0.25) is 0 Å². The predicted octanol–water partition coefficient (Wildman–Crippen LogP) is 13.2. The Morgan fingerprint density at radius 3 is 2.18 bits per heavy atom. The molecule has 1 aromatic heterocycles. The number of rotatable bonds is 2. The van der Waals surface area contributed by atoms with Crippen LogP contribution >= 0.6 is 23.5 Å². The van der Waals surface area contributed by atoms with Gasteiger partial charge in [0.1, 0.15) is 0 Å². The number of fused-ring (bicyclic) bond motifs is 10. The van der Waals surface area contributed by atoms with Crippen molar-refractivity contribution >= 4 is 68.0 Å². The third-order valence-corrected chi connectivity index (χ3v) is 13.3. The van der Waals surface area contributed by atoms with Crippen LogP contribution < -0.4 is 4.90 Å². The van der Waals surface area contributed by atoms with E-state index in [1.54, 1.807) is 5.57 Å². The summed E-state index contributed by atoms with van der Waals surface area (Å²) in [5, 5.41) is 2.59. The first-order valence-electron chi connectivity index (χ1n) is 17.2. The summed E-state index contributed by atoms with van der Waals surface area (Å²) in [6, 6.07) is 45.5. The highest BCUT2D eigenvalue weighted by Gasteiger charge is 2.38. The highest BCUT2D eigenvalue weighted by Crippen LogP contribution is 2.62. The zero-order valence-electron chi connectivity index (χ0n) is 27.3. The smallest absolute Gasteiger partial charge is 0.0763 e. The Morgan fingerprint density at radius 1 is 0.653 bits per heavy atom. The number of para-hydroxylation sites is 3. The maximum Gasteiger partial charge on any atom is 0.0763 e. The minimum Gasteiger partial charge on any atom is -0.308 e. The molecule has 0 saturated heterocycles. The minimum atomic E-state index is 0.0465. The Labute approximate surface area is 294 Å². The van der Waals surface area contributed by atoms with Gasteiger partial charge < -0.3 is 9.47 Å². The molecular weight excluding hydrogens is 633 g/mol. The summed E-state index contributed by atoms with van der Waals surface area (Å²) in [6.07, 6.45) is 6.99. The first kappa shape index (κ1) is 28.0. The second kappa shape index (κ2) is 10.1. The fraction of sp³-hybridized carbons (Fsp3) is 0.111.